The number of methoxy groups -OCH3 is 2. The van der Waals surface area contributed by atoms with Gasteiger partial charge in [0.1, 0.15) is 0 Å². The van der Waals surface area contributed by atoms with Crippen LogP contribution in [0.25, 0.3) is 10.9 Å². The molecule has 0 saturated carbocycles. The van der Waals surface area contributed by atoms with Crippen molar-refractivity contribution in [3.05, 3.63) is 59.8 Å². The summed E-state index contributed by atoms with van der Waals surface area (Å²) < 4.78 is 11.2. The maximum absolute atomic E-state index is 12.3. The van der Waals surface area contributed by atoms with E-state index in [1.54, 1.807) is 33.2 Å². The summed E-state index contributed by atoms with van der Waals surface area (Å²) in [5.74, 6) is 1.40. The maximum Gasteiger partial charge on any atom is 0.238 e. The third-order valence-corrected chi connectivity index (χ3v) is 5.24. The smallest absolute Gasteiger partial charge is 0.238 e. The summed E-state index contributed by atoms with van der Waals surface area (Å²) in [4.78, 5) is 17.3. The van der Waals surface area contributed by atoms with Gasteiger partial charge in [-0.1, -0.05) is 30.3 Å². The number of fused-ring (bicyclic) bond motifs is 1. The number of amides is 1. The number of rotatable bonds is 8. The van der Waals surface area contributed by atoms with E-state index in [-0.39, 0.29) is 17.9 Å². The molecule has 1 aromatic heterocycles. The molecule has 0 aliphatic carbocycles. The van der Waals surface area contributed by atoms with Gasteiger partial charge < -0.3 is 24.7 Å². The van der Waals surface area contributed by atoms with Gasteiger partial charge in [0, 0.05) is 49.2 Å². The first kappa shape index (κ1) is 20.7. The number of nitrogens with one attached hydrogen (secondary N) is 2. The Bertz CT molecular complexity index is 980. The number of hydrogen-bond acceptors (Lipinski definition) is 4. The van der Waals surface area contributed by atoms with Gasteiger partial charge in [0.25, 0.3) is 0 Å². The van der Waals surface area contributed by atoms with E-state index in [9.17, 15) is 4.79 Å². The molecule has 0 spiro atoms. The Hall–Kier alpha value is -2.99. The normalized spacial score (nSPS) is 13.1. The van der Waals surface area contributed by atoms with E-state index in [4.69, 9.17) is 9.47 Å². The van der Waals surface area contributed by atoms with Crippen LogP contribution in [-0.2, 0) is 4.79 Å². The molecule has 0 fully saturated rings. The van der Waals surface area contributed by atoms with Crippen LogP contribution in [0.5, 0.6) is 11.5 Å². The zero-order valence-corrected chi connectivity index (χ0v) is 17.7. The lowest BCUT2D eigenvalue weighted by Gasteiger charge is -2.24. The third kappa shape index (κ3) is 4.22. The molecule has 154 valence electrons. The van der Waals surface area contributed by atoms with E-state index in [1.165, 1.54) is 0 Å². The number of H-pyrrole nitrogens is 1. The number of hydrogen-bond donors (Lipinski definition) is 2. The van der Waals surface area contributed by atoms with Crippen molar-refractivity contribution in [2.24, 2.45) is 0 Å². The van der Waals surface area contributed by atoms with Gasteiger partial charge >= 0.3 is 0 Å². The highest BCUT2D eigenvalue weighted by Gasteiger charge is 2.25. The molecule has 1 amide bonds. The SMILES string of the molecule is COc1cccc([C@H](CN[C@H](C)C(=O)N(C)C)c2c[nH]c3ccccc23)c1OC. The molecule has 2 aromatic carbocycles. The zero-order chi connectivity index (χ0) is 21.0. The number of carbonyl (C=O) groups is 1. The number of aromatic amines is 1. The maximum atomic E-state index is 12.3. The Labute approximate surface area is 171 Å². The van der Waals surface area contributed by atoms with Crippen molar-refractivity contribution < 1.29 is 14.3 Å². The second-order valence-corrected chi connectivity index (χ2v) is 7.29. The molecule has 2 atom stereocenters. The van der Waals surface area contributed by atoms with Crippen molar-refractivity contribution in [3.63, 3.8) is 0 Å². The minimum atomic E-state index is -0.297. The summed E-state index contributed by atoms with van der Waals surface area (Å²) in [7, 11) is 6.82. The fourth-order valence-electron chi connectivity index (χ4n) is 3.73. The number of ether oxygens (including phenoxy) is 2. The molecular weight excluding hydrogens is 366 g/mol. The van der Waals surface area contributed by atoms with Crippen LogP contribution in [0.15, 0.2) is 48.7 Å². The molecule has 0 radical (unpaired) electrons. The second kappa shape index (κ2) is 9.01. The molecule has 0 bridgehead atoms. The van der Waals surface area contributed by atoms with Gasteiger partial charge in [0.05, 0.1) is 20.3 Å². The van der Waals surface area contributed by atoms with Crippen LogP contribution in [0.4, 0.5) is 0 Å². The summed E-state index contributed by atoms with van der Waals surface area (Å²) in [6.45, 7) is 2.46. The average Bonchev–Trinajstić information content (AvgIpc) is 3.16. The van der Waals surface area contributed by atoms with Gasteiger partial charge in [-0.25, -0.2) is 0 Å². The second-order valence-electron chi connectivity index (χ2n) is 7.29. The van der Waals surface area contributed by atoms with E-state index in [0.29, 0.717) is 18.0 Å². The standard InChI is InChI=1S/C23H29N3O3/c1-15(23(27)26(2)3)24-13-19(17-10-8-12-21(28-4)22(17)29-5)18-14-25-20-11-7-6-9-16(18)20/h6-12,14-15,19,24-25H,13H2,1-5H3/t15-,19+/m1/s1. The number of aromatic nitrogens is 1. The van der Waals surface area contributed by atoms with Crippen LogP contribution < -0.4 is 14.8 Å². The van der Waals surface area contributed by atoms with E-state index in [1.807, 2.05) is 43.5 Å². The Morgan fingerprint density at radius 2 is 1.83 bits per heavy atom. The fraction of sp³-hybridized carbons (Fsp3) is 0.348. The number of carbonyl (C=O) groups excluding carboxylic acids is 1. The van der Waals surface area contributed by atoms with Crippen LogP contribution in [-0.4, -0.2) is 56.7 Å². The summed E-state index contributed by atoms with van der Waals surface area (Å²) in [6, 6.07) is 13.8. The zero-order valence-electron chi connectivity index (χ0n) is 17.7. The molecule has 0 unspecified atom stereocenters. The lowest BCUT2D eigenvalue weighted by Crippen LogP contribution is -2.43. The van der Waals surface area contributed by atoms with Crippen LogP contribution in [0.1, 0.15) is 24.0 Å². The first-order valence-corrected chi connectivity index (χ1v) is 9.69. The fourth-order valence-corrected chi connectivity index (χ4v) is 3.73. The molecular formula is C23H29N3O3. The molecule has 0 aliphatic rings. The molecule has 3 aromatic rings. The number of nitrogens with zero attached hydrogens (tertiary/aromatic N) is 1. The molecule has 2 N–H and O–H groups in total. The van der Waals surface area contributed by atoms with E-state index < -0.39 is 0 Å². The van der Waals surface area contributed by atoms with Crippen molar-refractivity contribution in [2.75, 3.05) is 34.9 Å². The van der Waals surface area contributed by atoms with Crippen LogP contribution in [0, 0.1) is 0 Å². The van der Waals surface area contributed by atoms with E-state index in [2.05, 4.69) is 22.4 Å². The summed E-state index contributed by atoms with van der Waals surface area (Å²) >= 11 is 0. The van der Waals surface area contributed by atoms with Crippen LogP contribution in [0.3, 0.4) is 0 Å². The first-order chi connectivity index (χ1) is 14.0. The topological polar surface area (TPSA) is 66.6 Å². The summed E-state index contributed by atoms with van der Waals surface area (Å²) in [6.07, 6.45) is 2.04. The van der Waals surface area contributed by atoms with E-state index >= 15 is 0 Å². The van der Waals surface area contributed by atoms with E-state index in [0.717, 1.165) is 22.0 Å². The Balaban J connectivity index is 2.04. The Morgan fingerprint density at radius 3 is 2.52 bits per heavy atom. The minimum absolute atomic E-state index is 0.0337. The molecule has 6 nitrogen and oxygen atoms in total. The molecule has 0 aliphatic heterocycles. The van der Waals surface area contributed by atoms with Gasteiger partial charge in [-0.2, -0.15) is 0 Å². The monoisotopic (exact) mass is 395 g/mol. The predicted molar refractivity (Wildman–Crippen MR) is 116 cm³/mol. The number of benzene rings is 2. The van der Waals surface area contributed by atoms with Gasteiger partial charge in [-0.15, -0.1) is 0 Å². The highest BCUT2D eigenvalue weighted by Crippen LogP contribution is 2.40. The first-order valence-electron chi connectivity index (χ1n) is 9.69. The highest BCUT2D eigenvalue weighted by molar-refractivity contribution is 5.84. The number of para-hydroxylation sites is 2. The third-order valence-electron chi connectivity index (χ3n) is 5.24. The lowest BCUT2D eigenvalue weighted by molar-refractivity contribution is -0.130. The van der Waals surface area contributed by atoms with Crippen molar-refractivity contribution in [1.29, 1.82) is 0 Å². The highest BCUT2D eigenvalue weighted by atomic mass is 16.5. The Morgan fingerprint density at radius 1 is 1.07 bits per heavy atom. The van der Waals surface area contributed by atoms with Crippen LogP contribution in [0.2, 0.25) is 0 Å². The Kier molecular flexibility index (Phi) is 6.44. The molecule has 3 rings (SSSR count). The lowest BCUT2D eigenvalue weighted by atomic mass is 9.89. The van der Waals surface area contributed by atoms with Crippen molar-refractivity contribution >= 4 is 16.8 Å². The molecule has 0 saturated heterocycles. The predicted octanol–water partition coefficient (Wildman–Crippen LogP) is 3.38. The van der Waals surface area contributed by atoms with Gasteiger partial charge in [0.2, 0.25) is 5.91 Å². The van der Waals surface area contributed by atoms with Crippen molar-refractivity contribution in [1.82, 2.24) is 15.2 Å². The minimum Gasteiger partial charge on any atom is -0.493 e. The molecule has 29 heavy (non-hydrogen) atoms. The van der Waals surface area contributed by atoms with Gasteiger partial charge in [0.15, 0.2) is 11.5 Å². The largest absolute Gasteiger partial charge is 0.493 e. The van der Waals surface area contributed by atoms with Crippen molar-refractivity contribution in [3.8, 4) is 11.5 Å². The summed E-state index contributed by atoms with van der Waals surface area (Å²) in [5.41, 5.74) is 3.23. The molecule has 6 heteroatoms. The quantitative estimate of drug-likeness (QED) is 0.614. The molecule has 1 heterocycles. The number of likely N-dealkylation sites (N-methyl/N-ethyl adjacent to an activating group) is 1. The van der Waals surface area contributed by atoms with Crippen molar-refractivity contribution in [2.45, 2.75) is 18.9 Å². The summed E-state index contributed by atoms with van der Waals surface area (Å²) in [5, 5.41) is 4.55. The van der Waals surface area contributed by atoms with Gasteiger partial charge in [-0.3, -0.25) is 4.79 Å². The average molecular weight is 396 g/mol. The van der Waals surface area contributed by atoms with Gasteiger partial charge in [-0.05, 0) is 24.6 Å². The van der Waals surface area contributed by atoms with Crippen LogP contribution >= 0.6 is 0 Å².